The maximum absolute atomic E-state index is 11.8. The second-order valence-electron chi connectivity index (χ2n) is 3.34. The Balaban J connectivity index is 2.48. The summed E-state index contributed by atoms with van der Waals surface area (Å²) in [5, 5.41) is 0.864. The molecule has 1 aromatic heterocycles. The van der Waals surface area contributed by atoms with E-state index in [9.17, 15) is 4.79 Å². The molecule has 0 spiro atoms. The third-order valence-corrected chi connectivity index (χ3v) is 2.50. The van der Waals surface area contributed by atoms with Crippen molar-refractivity contribution in [3.05, 3.63) is 45.1 Å². The van der Waals surface area contributed by atoms with Gasteiger partial charge in [-0.2, -0.15) is 4.98 Å². The van der Waals surface area contributed by atoms with E-state index in [0.717, 1.165) is 0 Å². The monoisotopic (exact) mass is 285 g/mol. The Labute approximate surface area is 113 Å². The average molecular weight is 286 g/mol. The van der Waals surface area contributed by atoms with Crippen molar-refractivity contribution >= 4 is 29.2 Å². The molecule has 6 nitrogen and oxygen atoms in total. The second kappa shape index (κ2) is 5.34. The van der Waals surface area contributed by atoms with Gasteiger partial charge in [0.1, 0.15) is 6.33 Å². The van der Waals surface area contributed by atoms with Crippen LogP contribution in [0.4, 0.5) is 5.95 Å². The third kappa shape index (κ3) is 2.79. The summed E-state index contributed by atoms with van der Waals surface area (Å²) >= 11 is 11.7. The van der Waals surface area contributed by atoms with Crippen LogP contribution in [0.2, 0.25) is 10.0 Å². The predicted octanol–water partition coefficient (Wildman–Crippen LogP) is 1.48. The summed E-state index contributed by atoms with van der Waals surface area (Å²) in [4.78, 5) is 19.5. The Morgan fingerprint density at radius 1 is 1.22 bits per heavy atom. The standard InChI is InChI=1S/C10H9Cl2N5O/c1-13-16-9-14-5-17(10(18)15-9)8-3-6(11)2-7(12)4-8/h2-5,13H,1H3,(H,15,16,18). The number of halogens is 2. The first-order valence-electron chi connectivity index (χ1n) is 4.95. The number of rotatable bonds is 3. The Hall–Kier alpha value is -1.63. The number of nitrogens with one attached hydrogen (secondary N) is 2. The molecule has 0 saturated heterocycles. The van der Waals surface area contributed by atoms with Gasteiger partial charge in [-0.1, -0.05) is 23.2 Å². The summed E-state index contributed by atoms with van der Waals surface area (Å²) in [6.45, 7) is 0. The van der Waals surface area contributed by atoms with E-state index in [2.05, 4.69) is 20.8 Å². The SMILES string of the molecule is CNNc1ncn(-c2cc(Cl)cc(Cl)c2)c(=O)n1. The van der Waals surface area contributed by atoms with Crippen LogP contribution < -0.4 is 16.5 Å². The van der Waals surface area contributed by atoms with E-state index < -0.39 is 5.69 Å². The number of aromatic nitrogens is 3. The normalized spacial score (nSPS) is 10.4. The van der Waals surface area contributed by atoms with Crippen LogP contribution in [0.15, 0.2) is 29.3 Å². The highest BCUT2D eigenvalue weighted by atomic mass is 35.5. The summed E-state index contributed by atoms with van der Waals surface area (Å²) in [5.41, 5.74) is 5.26. The van der Waals surface area contributed by atoms with Crippen molar-refractivity contribution < 1.29 is 0 Å². The van der Waals surface area contributed by atoms with Crippen molar-refractivity contribution in [2.45, 2.75) is 0 Å². The van der Waals surface area contributed by atoms with E-state index in [-0.39, 0.29) is 5.95 Å². The number of benzene rings is 1. The smallest absolute Gasteiger partial charge is 0.290 e. The average Bonchev–Trinajstić information content (AvgIpc) is 2.28. The van der Waals surface area contributed by atoms with Gasteiger partial charge in [0.2, 0.25) is 5.95 Å². The Morgan fingerprint density at radius 2 is 1.89 bits per heavy atom. The van der Waals surface area contributed by atoms with Crippen molar-refractivity contribution in [1.29, 1.82) is 0 Å². The molecular formula is C10H9Cl2N5O. The predicted molar refractivity (Wildman–Crippen MR) is 70.3 cm³/mol. The van der Waals surface area contributed by atoms with Crippen molar-refractivity contribution in [3.63, 3.8) is 0 Å². The number of nitrogens with zero attached hydrogens (tertiary/aromatic N) is 3. The lowest BCUT2D eigenvalue weighted by Gasteiger charge is -2.07. The molecule has 2 rings (SSSR count). The lowest BCUT2D eigenvalue weighted by atomic mass is 10.3. The molecule has 2 aromatic rings. The van der Waals surface area contributed by atoms with Crippen LogP contribution in [-0.4, -0.2) is 21.6 Å². The van der Waals surface area contributed by atoms with Gasteiger partial charge < -0.3 is 0 Å². The van der Waals surface area contributed by atoms with Crippen LogP contribution in [0.1, 0.15) is 0 Å². The van der Waals surface area contributed by atoms with Crippen LogP contribution in [-0.2, 0) is 0 Å². The molecule has 0 aliphatic carbocycles. The van der Waals surface area contributed by atoms with Crippen molar-refractivity contribution in [1.82, 2.24) is 20.0 Å². The highest BCUT2D eigenvalue weighted by molar-refractivity contribution is 6.34. The maximum atomic E-state index is 11.8. The van der Waals surface area contributed by atoms with Gasteiger partial charge in [0, 0.05) is 17.1 Å². The third-order valence-electron chi connectivity index (χ3n) is 2.07. The highest BCUT2D eigenvalue weighted by Crippen LogP contribution is 2.20. The Kier molecular flexibility index (Phi) is 3.81. The van der Waals surface area contributed by atoms with Gasteiger partial charge in [-0.3, -0.25) is 9.99 Å². The molecule has 0 aliphatic heterocycles. The number of hydrazine groups is 1. The van der Waals surface area contributed by atoms with Gasteiger partial charge in [-0.25, -0.2) is 15.2 Å². The maximum Gasteiger partial charge on any atom is 0.356 e. The number of anilines is 1. The van der Waals surface area contributed by atoms with Crippen LogP contribution >= 0.6 is 23.2 Å². The molecular weight excluding hydrogens is 277 g/mol. The summed E-state index contributed by atoms with van der Waals surface area (Å²) in [6.07, 6.45) is 1.34. The van der Waals surface area contributed by atoms with E-state index in [1.54, 1.807) is 25.2 Å². The zero-order valence-corrected chi connectivity index (χ0v) is 10.8. The van der Waals surface area contributed by atoms with Crippen molar-refractivity contribution in [2.75, 3.05) is 12.5 Å². The fraction of sp³-hybridized carbons (Fsp3) is 0.100. The molecule has 0 amide bonds. The van der Waals surface area contributed by atoms with Gasteiger partial charge in [-0.05, 0) is 18.2 Å². The van der Waals surface area contributed by atoms with Crippen LogP contribution in [0.25, 0.3) is 5.69 Å². The largest absolute Gasteiger partial charge is 0.356 e. The lowest BCUT2D eigenvalue weighted by Crippen LogP contribution is -2.26. The molecule has 0 saturated carbocycles. The first-order chi connectivity index (χ1) is 8.60. The molecule has 0 atom stereocenters. The van der Waals surface area contributed by atoms with Gasteiger partial charge in [0.25, 0.3) is 0 Å². The molecule has 94 valence electrons. The van der Waals surface area contributed by atoms with Gasteiger partial charge >= 0.3 is 5.69 Å². The van der Waals surface area contributed by atoms with E-state index >= 15 is 0 Å². The molecule has 1 heterocycles. The molecule has 18 heavy (non-hydrogen) atoms. The van der Waals surface area contributed by atoms with Gasteiger partial charge in [-0.15, -0.1) is 0 Å². The van der Waals surface area contributed by atoms with Gasteiger partial charge in [0.15, 0.2) is 0 Å². The minimum absolute atomic E-state index is 0.187. The molecule has 0 aliphatic rings. The van der Waals surface area contributed by atoms with E-state index in [1.165, 1.54) is 10.9 Å². The van der Waals surface area contributed by atoms with E-state index in [1.807, 2.05) is 0 Å². The zero-order chi connectivity index (χ0) is 13.1. The van der Waals surface area contributed by atoms with Crippen LogP contribution in [0.5, 0.6) is 0 Å². The minimum atomic E-state index is -0.485. The fourth-order valence-corrected chi connectivity index (χ4v) is 1.88. The highest BCUT2D eigenvalue weighted by Gasteiger charge is 2.05. The molecule has 0 radical (unpaired) electrons. The molecule has 0 bridgehead atoms. The molecule has 1 aromatic carbocycles. The molecule has 8 heteroatoms. The minimum Gasteiger partial charge on any atom is -0.290 e. The number of hydrogen-bond acceptors (Lipinski definition) is 5. The van der Waals surface area contributed by atoms with Crippen LogP contribution in [0.3, 0.4) is 0 Å². The lowest BCUT2D eigenvalue weighted by molar-refractivity contribution is 0.836. The second-order valence-corrected chi connectivity index (χ2v) is 4.21. The van der Waals surface area contributed by atoms with Crippen molar-refractivity contribution in [3.8, 4) is 5.69 Å². The summed E-state index contributed by atoms with van der Waals surface area (Å²) in [5.74, 6) is 0.187. The molecule has 0 unspecified atom stereocenters. The summed E-state index contributed by atoms with van der Waals surface area (Å²) in [7, 11) is 1.64. The summed E-state index contributed by atoms with van der Waals surface area (Å²) in [6, 6.07) is 4.78. The van der Waals surface area contributed by atoms with Crippen molar-refractivity contribution in [2.24, 2.45) is 0 Å². The molecule has 0 fully saturated rings. The first kappa shape index (κ1) is 12.8. The Morgan fingerprint density at radius 3 is 2.44 bits per heavy atom. The first-order valence-corrected chi connectivity index (χ1v) is 5.70. The Bertz CT molecular complexity index is 608. The molecule has 2 N–H and O–H groups in total. The van der Waals surface area contributed by atoms with Gasteiger partial charge in [0.05, 0.1) is 5.69 Å². The number of hydrogen-bond donors (Lipinski definition) is 2. The van der Waals surface area contributed by atoms with E-state index in [4.69, 9.17) is 23.2 Å². The van der Waals surface area contributed by atoms with E-state index in [0.29, 0.717) is 15.7 Å². The fourth-order valence-electron chi connectivity index (χ4n) is 1.36. The zero-order valence-electron chi connectivity index (χ0n) is 9.32. The quantitative estimate of drug-likeness (QED) is 0.836. The summed E-state index contributed by atoms with van der Waals surface area (Å²) < 4.78 is 1.25. The van der Waals surface area contributed by atoms with Crippen LogP contribution in [0, 0.1) is 0 Å². The topological polar surface area (TPSA) is 71.8 Å².